The van der Waals surface area contributed by atoms with Crippen molar-refractivity contribution < 1.29 is 18.9 Å². The van der Waals surface area contributed by atoms with Gasteiger partial charge in [-0.3, -0.25) is 10.1 Å². The van der Waals surface area contributed by atoms with Gasteiger partial charge in [-0.1, -0.05) is 29.0 Å². The maximum atomic E-state index is 12.1. The third-order valence-electron chi connectivity index (χ3n) is 3.31. The zero-order valence-corrected chi connectivity index (χ0v) is 14.1. The molecule has 0 spiro atoms. The third kappa shape index (κ3) is 3.72. The van der Waals surface area contributed by atoms with E-state index in [0.717, 1.165) is 22.5 Å². The van der Waals surface area contributed by atoms with Crippen molar-refractivity contribution in [3.63, 3.8) is 0 Å². The van der Waals surface area contributed by atoms with E-state index in [0.29, 0.717) is 5.89 Å². The highest BCUT2D eigenvalue weighted by Crippen LogP contribution is 2.27. The first-order valence-corrected chi connectivity index (χ1v) is 8.11. The molecule has 2 aromatic heterocycles. The van der Waals surface area contributed by atoms with Crippen LogP contribution in [0.2, 0.25) is 0 Å². The Hall–Kier alpha value is -3.07. The van der Waals surface area contributed by atoms with Crippen LogP contribution in [0.5, 0.6) is 0 Å². The number of carbonyl (C=O) groups excluding carboxylic acids is 1. The van der Waals surface area contributed by atoms with Gasteiger partial charge in [-0.05, 0) is 32.0 Å². The van der Waals surface area contributed by atoms with E-state index in [-0.39, 0.29) is 15.8 Å². The third-order valence-corrected chi connectivity index (χ3v) is 4.33. The fourth-order valence-corrected chi connectivity index (χ4v) is 2.80. The van der Waals surface area contributed by atoms with Crippen LogP contribution < -0.4 is 0 Å². The molecular formula is C16H13N3O5S. The van der Waals surface area contributed by atoms with Crippen LogP contribution in [-0.2, 0) is 4.74 Å². The Morgan fingerprint density at radius 2 is 2.12 bits per heavy atom. The first-order valence-electron chi connectivity index (χ1n) is 7.29. The van der Waals surface area contributed by atoms with E-state index < -0.39 is 17.0 Å². The normalized spacial score (nSPS) is 11.9. The zero-order valence-electron chi connectivity index (χ0n) is 13.3. The van der Waals surface area contributed by atoms with E-state index in [4.69, 9.17) is 9.15 Å². The Kier molecular flexibility index (Phi) is 4.57. The smallest absolute Gasteiger partial charge is 0.349 e. The summed E-state index contributed by atoms with van der Waals surface area (Å²) in [5.74, 6) is -0.204. The SMILES string of the molecule is Cc1cccc(-c2nnc(C(C)OC(=O)c3ccc([N+](=O)[O-])s3)o2)c1. The number of thiophene rings is 1. The molecule has 0 saturated heterocycles. The topological polar surface area (TPSA) is 108 Å². The van der Waals surface area contributed by atoms with Crippen LogP contribution >= 0.6 is 11.3 Å². The number of carbonyl (C=O) groups is 1. The van der Waals surface area contributed by atoms with Gasteiger partial charge >= 0.3 is 11.0 Å². The summed E-state index contributed by atoms with van der Waals surface area (Å²) in [6.45, 7) is 3.54. The number of rotatable bonds is 5. The minimum Gasteiger partial charge on any atom is -0.448 e. The first-order chi connectivity index (χ1) is 11.9. The van der Waals surface area contributed by atoms with Crippen LogP contribution in [0.4, 0.5) is 5.00 Å². The molecule has 0 bridgehead atoms. The number of benzene rings is 1. The summed E-state index contributed by atoms with van der Waals surface area (Å²) in [5, 5.41) is 18.4. The molecule has 8 nitrogen and oxygen atoms in total. The summed E-state index contributed by atoms with van der Waals surface area (Å²) in [6, 6.07) is 10.2. The molecule has 128 valence electrons. The van der Waals surface area contributed by atoms with Gasteiger partial charge in [0.2, 0.25) is 5.89 Å². The van der Waals surface area contributed by atoms with Crippen molar-refractivity contribution >= 4 is 22.3 Å². The Labute approximate surface area is 146 Å². The number of nitro groups is 1. The van der Waals surface area contributed by atoms with Crippen LogP contribution in [0.1, 0.15) is 34.2 Å². The highest BCUT2D eigenvalue weighted by atomic mass is 32.1. The van der Waals surface area contributed by atoms with E-state index in [1.54, 1.807) is 6.92 Å². The van der Waals surface area contributed by atoms with Crippen molar-refractivity contribution in [1.82, 2.24) is 10.2 Å². The van der Waals surface area contributed by atoms with Gasteiger partial charge in [0.25, 0.3) is 5.89 Å². The quantitative estimate of drug-likeness (QED) is 0.386. The number of hydrogen-bond acceptors (Lipinski definition) is 8. The molecule has 0 aliphatic carbocycles. The van der Waals surface area contributed by atoms with Crippen LogP contribution in [0, 0.1) is 17.0 Å². The summed E-state index contributed by atoms with van der Waals surface area (Å²) in [4.78, 5) is 22.3. The van der Waals surface area contributed by atoms with Crippen molar-refractivity contribution in [1.29, 1.82) is 0 Å². The molecule has 0 saturated carbocycles. The van der Waals surface area contributed by atoms with E-state index in [9.17, 15) is 14.9 Å². The average Bonchev–Trinajstić information content (AvgIpc) is 3.24. The van der Waals surface area contributed by atoms with Crippen molar-refractivity contribution in [3.05, 3.63) is 62.8 Å². The molecule has 0 radical (unpaired) electrons. The Morgan fingerprint density at radius 1 is 1.32 bits per heavy atom. The van der Waals surface area contributed by atoms with Gasteiger partial charge < -0.3 is 9.15 Å². The van der Waals surface area contributed by atoms with Crippen LogP contribution in [-0.4, -0.2) is 21.1 Å². The second kappa shape index (κ2) is 6.81. The maximum absolute atomic E-state index is 12.1. The molecule has 3 rings (SSSR count). The summed E-state index contributed by atoms with van der Waals surface area (Å²) < 4.78 is 10.8. The van der Waals surface area contributed by atoms with E-state index in [2.05, 4.69) is 10.2 Å². The fourth-order valence-electron chi connectivity index (χ4n) is 2.10. The van der Waals surface area contributed by atoms with Crippen molar-refractivity contribution in [3.8, 4) is 11.5 Å². The van der Waals surface area contributed by atoms with Crippen LogP contribution in [0.15, 0.2) is 40.8 Å². The highest BCUT2D eigenvalue weighted by molar-refractivity contribution is 7.17. The predicted molar refractivity (Wildman–Crippen MR) is 89.3 cm³/mol. The molecule has 0 amide bonds. The fraction of sp³-hybridized carbons (Fsp3) is 0.188. The number of esters is 1. The van der Waals surface area contributed by atoms with Gasteiger partial charge in [0.15, 0.2) is 6.10 Å². The summed E-state index contributed by atoms with van der Waals surface area (Å²) in [7, 11) is 0. The minimum atomic E-state index is -0.778. The van der Waals surface area contributed by atoms with Crippen LogP contribution in [0.25, 0.3) is 11.5 Å². The van der Waals surface area contributed by atoms with E-state index in [1.807, 2.05) is 31.2 Å². The second-order valence-electron chi connectivity index (χ2n) is 5.26. The standard InChI is InChI=1S/C16H13N3O5S/c1-9-4-3-5-11(8-9)15-18-17-14(24-15)10(2)23-16(20)12-6-7-13(25-12)19(21)22/h3-8,10H,1-2H3. The zero-order chi connectivity index (χ0) is 18.0. The Bertz CT molecular complexity index is 933. The van der Waals surface area contributed by atoms with Gasteiger partial charge in [-0.2, -0.15) is 0 Å². The molecule has 9 heteroatoms. The van der Waals surface area contributed by atoms with Gasteiger partial charge in [-0.25, -0.2) is 4.79 Å². The highest BCUT2D eigenvalue weighted by Gasteiger charge is 2.22. The van der Waals surface area contributed by atoms with Crippen molar-refractivity contribution in [2.24, 2.45) is 0 Å². The lowest BCUT2D eigenvalue weighted by Gasteiger charge is -2.07. The number of aromatic nitrogens is 2. The number of nitrogens with zero attached hydrogens (tertiary/aromatic N) is 3. The molecule has 1 unspecified atom stereocenters. The van der Waals surface area contributed by atoms with Crippen LogP contribution in [0.3, 0.4) is 0 Å². The van der Waals surface area contributed by atoms with E-state index >= 15 is 0 Å². The monoisotopic (exact) mass is 359 g/mol. The summed E-state index contributed by atoms with van der Waals surface area (Å²) in [5.41, 5.74) is 1.82. The first kappa shape index (κ1) is 16.8. The molecule has 0 N–H and O–H groups in total. The molecule has 0 aliphatic heterocycles. The van der Waals surface area contributed by atoms with Gasteiger partial charge in [-0.15, -0.1) is 10.2 Å². The molecule has 0 fully saturated rings. The molecule has 1 atom stereocenters. The lowest BCUT2D eigenvalue weighted by Crippen LogP contribution is -2.08. The van der Waals surface area contributed by atoms with E-state index in [1.165, 1.54) is 12.1 Å². The molecule has 0 aliphatic rings. The Balaban J connectivity index is 1.72. The van der Waals surface area contributed by atoms with Gasteiger partial charge in [0, 0.05) is 11.6 Å². The average molecular weight is 359 g/mol. The minimum absolute atomic E-state index is 0.126. The van der Waals surface area contributed by atoms with Crippen molar-refractivity contribution in [2.75, 3.05) is 0 Å². The molecule has 1 aromatic carbocycles. The summed E-state index contributed by atoms with van der Waals surface area (Å²) in [6.07, 6.45) is -0.778. The molecule has 2 heterocycles. The second-order valence-corrected chi connectivity index (χ2v) is 6.32. The lowest BCUT2D eigenvalue weighted by atomic mass is 10.1. The van der Waals surface area contributed by atoms with Gasteiger partial charge in [0.1, 0.15) is 4.88 Å². The largest absolute Gasteiger partial charge is 0.448 e. The summed E-state index contributed by atoms with van der Waals surface area (Å²) >= 11 is 0.750. The number of hydrogen-bond donors (Lipinski definition) is 0. The molecular weight excluding hydrogens is 346 g/mol. The van der Waals surface area contributed by atoms with Gasteiger partial charge in [0.05, 0.1) is 4.92 Å². The number of ether oxygens (including phenoxy) is 1. The maximum Gasteiger partial charge on any atom is 0.349 e. The number of aryl methyl sites for hydroxylation is 1. The molecule has 3 aromatic rings. The lowest BCUT2D eigenvalue weighted by molar-refractivity contribution is -0.380. The predicted octanol–water partition coefficient (Wildman–Crippen LogP) is 3.93. The van der Waals surface area contributed by atoms with Crippen molar-refractivity contribution in [2.45, 2.75) is 20.0 Å². The Morgan fingerprint density at radius 3 is 2.80 bits per heavy atom. The molecule has 25 heavy (non-hydrogen) atoms.